The molecule has 0 spiro atoms. The normalized spacial score (nSPS) is 11.6. The van der Waals surface area contributed by atoms with Crippen LogP contribution >= 0.6 is 0 Å². The van der Waals surface area contributed by atoms with Crippen molar-refractivity contribution in [3.63, 3.8) is 0 Å². The van der Waals surface area contributed by atoms with Crippen LogP contribution in [0.3, 0.4) is 0 Å². The summed E-state index contributed by atoms with van der Waals surface area (Å²) in [4.78, 5) is 10.6. The van der Waals surface area contributed by atoms with Gasteiger partial charge in [0.2, 0.25) is 0 Å². The van der Waals surface area contributed by atoms with Crippen LogP contribution in [-0.4, -0.2) is 14.4 Å². The fraction of sp³-hybridized carbons (Fsp3) is 0.214. The van der Waals surface area contributed by atoms with Crippen molar-refractivity contribution in [1.29, 1.82) is 0 Å². The molecular weight excluding hydrogens is 212 g/mol. The summed E-state index contributed by atoms with van der Waals surface area (Å²) in [6.45, 7) is 6.55. The molecule has 1 nitrogen and oxygen atoms in total. The van der Waals surface area contributed by atoms with Gasteiger partial charge in [0.15, 0.2) is 0 Å². The SMILES string of the molecule is C[Si](C)(C)C#C/C(=C/C=O)c1ccccc1. The summed E-state index contributed by atoms with van der Waals surface area (Å²) in [6.07, 6.45) is 2.32. The molecular formula is C14H16OSi. The molecule has 0 saturated carbocycles. The largest absolute Gasteiger partial charge is 0.299 e. The minimum Gasteiger partial charge on any atom is -0.299 e. The number of carbonyl (C=O) groups is 1. The van der Waals surface area contributed by atoms with Crippen molar-refractivity contribution in [2.45, 2.75) is 19.6 Å². The Labute approximate surface area is 98.2 Å². The van der Waals surface area contributed by atoms with Gasteiger partial charge in [0, 0.05) is 5.57 Å². The summed E-state index contributed by atoms with van der Waals surface area (Å²) < 4.78 is 0. The van der Waals surface area contributed by atoms with E-state index in [2.05, 4.69) is 31.1 Å². The van der Waals surface area contributed by atoms with Crippen LogP contribution in [0.25, 0.3) is 5.57 Å². The Balaban J connectivity index is 3.07. The van der Waals surface area contributed by atoms with Gasteiger partial charge in [0.1, 0.15) is 14.4 Å². The van der Waals surface area contributed by atoms with Gasteiger partial charge in [0.05, 0.1) is 0 Å². The van der Waals surface area contributed by atoms with Gasteiger partial charge in [0.25, 0.3) is 0 Å². The van der Waals surface area contributed by atoms with Gasteiger partial charge in [-0.05, 0) is 11.6 Å². The first-order valence-electron chi connectivity index (χ1n) is 5.27. The molecule has 16 heavy (non-hydrogen) atoms. The summed E-state index contributed by atoms with van der Waals surface area (Å²) >= 11 is 0. The zero-order chi connectivity index (χ0) is 12.0. The molecule has 82 valence electrons. The molecule has 0 saturated heterocycles. The molecule has 0 bridgehead atoms. The predicted molar refractivity (Wildman–Crippen MR) is 71.6 cm³/mol. The fourth-order valence-electron chi connectivity index (χ4n) is 1.15. The van der Waals surface area contributed by atoms with Crippen LogP contribution in [0.4, 0.5) is 0 Å². The van der Waals surface area contributed by atoms with E-state index in [1.165, 1.54) is 6.08 Å². The van der Waals surface area contributed by atoms with E-state index in [9.17, 15) is 4.79 Å². The number of rotatable bonds is 2. The lowest BCUT2D eigenvalue weighted by molar-refractivity contribution is -0.104. The van der Waals surface area contributed by atoms with Crippen LogP contribution in [0.2, 0.25) is 19.6 Å². The van der Waals surface area contributed by atoms with Crippen molar-refractivity contribution < 1.29 is 4.79 Å². The predicted octanol–water partition coefficient (Wildman–Crippen LogP) is 3.15. The Morgan fingerprint density at radius 3 is 2.31 bits per heavy atom. The summed E-state index contributed by atoms with van der Waals surface area (Å²) in [5.41, 5.74) is 5.07. The molecule has 0 atom stereocenters. The molecule has 1 aromatic carbocycles. The number of allylic oxidation sites excluding steroid dienone is 2. The van der Waals surface area contributed by atoms with E-state index in [1.807, 2.05) is 30.3 Å². The Morgan fingerprint density at radius 1 is 1.19 bits per heavy atom. The highest BCUT2D eigenvalue weighted by molar-refractivity contribution is 6.84. The van der Waals surface area contributed by atoms with E-state index in [4.69, 9.17) is 0 Å². The van der Waals surface area contributed by atoms with Crippen LogP contribution in [0.1, 0.15) is 5.56 Å². The van der Waals surface area contributed by atoms with Gasteiger partial charge in [-0.2, -0.15) is 0 Å². The number of hydrogen-bond donors (Lipinski definition) is 0. The molecule has 0 unspecified atom stereocenters. The van der Waals surface area contributed by atoms with Gasteiger partial charge in [-0.15, -0.1) is 5.54 Å². The summed E-state index contributed by atoms with van der Waals surface area (Å²) in [7, 11) is -1.40. The van der Waals surface area contributed by atoms with Crippen molar-refractivity contribution in [1.82, 2.24) is 0 Å². The van der Waals surface area contributed by atoms with E-state index in [-0.39, 0.29) is 0 Å². The zero-order valence-corrected chi connectivity index (χ0v) is 10.9. The topological polar surface area (TPSA) is 17.1 Å². The molecule has 0 heterocycles. The third-order valence-electron chi connectivity index (χ3n) is 1.89. The van der Waals surface area contributed by atoms with Gasteiger partial charge in [-0.25, -0.2) is 0 Å². The van der Waals surface area contributed by atoms with Crippen molar-refractivity contribution >= 4 is 19.9 Å². The van der Waals surface area contributed by atoms with Crippen LogP contribution in [0.5, 0.6) is 0 Å². The molecule has 0 aliphatic heterocycles. The first-order valence-corrected chi connectivity index (χ1v) is 8.77. The number of carbonyl (C=O) groups excluding carboxylic acids is 1. The van der Waals surface area contributed by atoms with Gasteiger partial charge in [-0.1, -0.05) is 55.9 Å². The summed E-state index contributed by atoms with van der Waals surface area (Å²) in [5, 5.41) is 0. The lowest BCUT2D eigenvalue weighted by atomic mass is 10.1. The van der Waals surface area contributed by atoms with Crippen LogP contribution in [0, 0.1) is 11.5 Å². The van der Waals surface area contributed by atoms with Gasteiger partial charge >= 0.3 is 0 Å². The Kier molecular flexibility index (Phi) is 4.27. The van der Waals surface area contributed by atoms with Crippen LogP contribution < -0.4 is 0 Å². The average Bonchev–Trinajstić information content (AvgIpc) is 2.24. The minimum atomic E-state index is -1.40. The number of benzene rings is 1. The van der Waals surface area contributed by atoms with Crippen LogP contribution in [-0.2, 0) is 4.79 Å². The average molecular weight is 228 g/mol. The molecule has 0 radical (unpaired) electrons. The van der Waals surface area contributed by atoms with Crippen molar-refractivity contribution in [2.24, 2.45) is 0 Å². The van der Waals surface area contributed by atoms with Crippen molar-refractivity contribution in [3.05, 3.63) is 42.0 Å². The molecule has 0 aromatic heterocycles. The monoisotopic (exact) mass is 228 g/mol. The van der Waals surface area contributed by atoms with E-state index in [1.54, 1.807) is 0 Å². The first-order chi connectivity index (χ1) is 7.53. The number of hydrogen-bond acceptors (Lipinski definition) is 1. The molecule has 0 N–H and O–H groups in total. The summed E-state index contributed by atoms with van der Waals surface area (Å²) in [6, 6.07) is 9.78. The second-order valence-electron chi connectivity index (χ2n) is 4.58. The fourth-order valence-corrected chi connectivity index (χ4v) is 1.66. The van der Waals surface area contributed by atoms with Crippen molar-refractivity contribution in [2.75, 3.05) is 0 Å². The zero-order valence-electron chi connectivity index (χ0n) is 9.95. The number of aldehydes is 1. The highest BCUT2D eigenvalue weighted by atomic mass is 28.3. The van der Waals surface area contributed by atoms with E-state index >= 15 is 0 Å². The maximum Gasteiger partial charge on any atom is 0.144 e. The Bertz CT molecular complexity index is 441. The molecule has 0 fully saturated rings. The standard InChI is InChI=1S/C14H16OSi/c1-16(2,3)12-10-14(9-11-15)13-7-5-4-6-8-13/h4-9,11H,1-3H3/b14-9-. The molecule has 1 rings (SSSR count). The molecule has 0 amide bonds. The van der Waals surface area contributed by atoms with E-state index in [0.717, 1.165) is 17.4 Å². The van der Waals surface area contributed by atoms with Gasteiger partial charge < -0.3 is 0 Å². The second-order valence-corrected chi connectivity index (χ2v) is 9.33. The van der Waals surface area contributed by atoms with E-state index in [0.29, 0.717) is 0 Å². The van der Waals surface area contributed by atoms with E-state index < -0.39 is 8.07 Å². The van der Waals surface area contributed by atoms with Gasteiger partial charge in [-0.3, -0.25) is 4.79 Å². The Hall–Kier alpha value is -1.59. The van der Waals surface area contributed by atoms with Crippen LogP contribution in [0.15, 0.2) is 36.4 Å². The third kappa shape index (κ3) is 4.29. The second kappa shape index (κ2) is 5.48. The third-order valence-corrected chi connectivity index (χ3v) is 2.77. The molecule has 1 aromatic rings. The molecule has 2 heteroatoms. The smallest absolute Gasteiger partial charge is 0.144 e. The Morgan fingerprint density at radius 2 is 1.81 bits per heavy atom. The summed E-state index contributed by atoms with van der Waals surface area (Å²) in [5.74, 6) is 3.12. The maximum absolute atomic E-state index is 10.6. The molecule has 0 aliphatic rings. The lowest BCUT2D eigenvalue weighted by Gasteiger charge is -2.04. The lowest BCUT2D eigenvalue weighted by Crippen LogP contribution is -2.16. The minimum absolute atomic E-state index is 0.793. The molecule has 0 aliphatic carbocycles. The highest BCUT2D eigenvalue weighted by Crippen LogP contribution is 2.12. The quantitative estimate of drug-likeness (QED) is 0.329. The first kappa shape index (κ1) is 12.5. The van der Waals surface area contributed by atoms with Crippen molar-refractivity contribution in [3.8, 4) is 11.5 Å². The highest BCUT2D eigenvalue weighted by Gasteiger charge is 2.08. The maximum atomic E-state index is 10.6.